The molecule has 0 atom stereocenters. The smallest absolute Gasteiger partial charge is 0.268 e. The lowest BCUT2D eigenvalue weighted by atomic mass is 10.1. The summed E-state index contributed by atoms with van der Waals surface area (Å²) >= 11 is 1.47. The topological polar surface area (TPSA) is 79.0 Å². The van der Waals surface area contributed by atoms with Crippen LogP contribution in [0.4, 0.5) is 4.39 Å². The molecule has 36 heavy (non-hydrogen) atoms. The zero-order valence-corrected chi connectivity index (χ0v) is 21.0. The molecule has 0 aliphatic carbocycles. The molecule has 0 spiro atoms. The Balaban J connectivity index is 1.59. The second-order valence-electron chi connectivity index (χ2n) is 8.04. The number of halogens is 1. The van der Waals surface area contributed by atoms with E-state index >= 15 is 0 Å². The number of hydrogen-bond acceptors (Lipinski definition) is 6. The van der Waals surface area contributed by atoms with E-state index in [1.54, 1.807) is 61.8 Å². The second kappa shape index (κ2) is 10.3. The number of aromatic nitrogens is 4. The average Bonchev–Trinajstić information content (AvgIpc) is 3.49. The highest BCUT2D eigenvalue weighted by atomic mass is 32.2. The largest absolute Gasteiger partial charge is 0.383 e. The van der Waals surface area contributed by atoms with E-state index < -0.39 is 10.0 Å². The van der Waals surface area contributed by atoms with Gasteiger partial charge in [0.2, 0.25) is 0 Å². The van der Waals surface area contributed by atoms with Gasteiger partial charge >= 0.3 is 0 Å². The third kappa shape index (κ3) is 4.67. The normalized spacial score (nSPS) is 11.8. The van der Waals surface area contributed by atoms with E-state index in [4.69, 9.17) is 4.74 Å². The van der Waals surface area contributed by atoms with Crippen molar-refractivity contribution in [2.75, 3.05) is 13.7 Å². The van der Waals surface area contributed by atoms with Gasteiger partial charge in [0.25, 0.3) is 10.0 Å². The Labute approximate surface area is 212 Å². The minimum absolute atomic E-state index is 0.202. The van der Waals surface area contributed by atoms with E-state index in [1.165, 1.54) is 27.9 Å². The maximum atomic E-state index is 13.5. The van der Waals surface area contributed by atoms with Gasteiger partial charge in [-0.1, -0.05) is 60.3 Å². The number of para-hydroxylation sites is 1. The van der Waals surface area contributed by atoms with E-state index in [0.29, 0.717) is 41.0 Å². The average molecular weight is 523 g/mol. The van der Waals surface area contributed by atoms with E-state index in [9.17, 15) is 12.8 Å². The van der Waals surface area contributed by atoms with Gasteiger partial charge in [-0.05, 0) is 35.9 Å². The minimum Gasteiger partial charge on any atom is -0.383 e. The number of rotatable bonds is 9. The van der Waals surface area contributed by atoms with Gasteiger partial charge < -0.3 is 4.74 Å². The summed E-state index contributed by atoms with van der Waals surface area (Å²) in [4.78, 5) is 0.202. The SMILES string of the molecule is COCCn1c(SCc2ccc(F)cc2)nnc1-c1cn(S(=O)(=O)c2ccccc2)c2ccccc12. The molecule has 0 amide bonds. The summed E-state index contributed by atoms with van der Waals surface area (Å²) in [6.07, 6.45) is 1.61. The van der Waals surface area contributed by atoms with Crippen LogP contribution in [0.2, 0.25) is 0 Å². The molecule has 2 heterocycles. The van der Waals surface area contributed by atoms with Crippen molar-refractivity contribution in [1.29, 1.82) is 0 Å². The molecule has 0 saturated heterocycles. The summed E-state index contributed by atoms with van der Waals surface area (Å²) in [5, 5.41) is 10.3. The molecule has 10 heteroatoms. The van der Waals surface area contributed by atoms with Gasteiger partial charge in [-0.3, -0.25) is 4.57 Å². The third-order valence-electron chi connectivity index (χ3n) is 5.74. The molecule has 3 aromatic carbocycles. The van der Waals surface area contributed by atoms with Gasteiger partial charge in [0.15, 0.2) is 11.0 Å². The van der Waals surface area contributed by atoms with Crippen LogP contribution in [0.25, 0.3) is 22.3 Å². The Morgan fingerprint density at radius 3 is 2.42 bits per heavy atom. The number of thioether (sulfide) groups is 1. The summed E-state index contributed by atoms with van der Waals surface area (Å²) in [7, 11) is -2.21. The van der Waals surface area contributed by atoms with Crippen molar-refractivity contribution in [2.45, 2.75) is 22.3 Å². The number of hydrogen-bond donors (Lipinski definition) is 0. The van der Waals surface area contributed by atoms with Crippen molar-refractivity contribution in [1.82, 2.24) is 18.7 Å². The van der Waals surface area contributed by atoms with Crippen molar-refractivity contribution in [3.8, 4) is 11.4 Å². The first-order valence-electron chi connectivity index (χ1n) is 11.2. The molecule has 5 aromatic rings. The van der Waals surface area contributed by atoms with Gasteiger partial charge in [-0.25, -0.2) is 16.8 Å². The lowest BCUT2D eigenvalue weighted by molar-refractivity contribution is 0.185. The maximum absolute atomic E-state index is 13.5. The number of benzene rings is 3. The van der Waals surface area contributed by atoms with Crippen LogP contribution >= 0.6 is 11.8 Å². The lowest BCUT2D eigenvalue weighted by Crippen LogP contribution is -2.11. The molecule has 2 aromatic heterocycles. The van der Waals surface area contributed by atoms with E-state index in [0.717, 1.165) is 10.9 Å². The highest BCUT2D eigenvalue weighted by Gasteiger charge is 2.24. The van der Waals surface area contributed by atoms with Gasteiger partial charge in [0, 0.05) is 30.0 Å². The number of fused-ring (bicyclic) bond motifs is 1. The Hall–Kier alpha value is -3.47. The summed E-state index contributed by atoms with van der Waals surface area (Å²) in [6.45, 7) is 0.908. The van der Waals surface area contributed by atoms with Crippen LogP contribution in [0, 0.1) is 5.82 Å². The van der Waals surface area contributed by atoms with Crippen LogP contribution in [0.3, 0.4) is 0 Å². The molecule has 0 radical (unpaired) electrons. The quantitative estimate of drug-likeness (QED) is 0.247. The summed E-state index contributed by atoms with van der Waals surface area (Å²) in [5.41, 5.74) is 2.16. The van der Waals surface area contributed by atoms with Crippen LogP contribution in [0.15, 0.2) is 95.1 Å². The first kappa shape index (κ1) is 24.2. The Morgan fingerprint density at radius 2 is 1.67 bits per heavy atom. The summed E-state index contributed by atoms with van der Waals surface area (Å²) < 4.78 is 48.8. The van der Waals surface area contributed by atoms with Crippen LogP contribution in [0.5, 0.6) is 0 Å². The van der Waals surface area contributed by atoms with Crippen LogP contribution in [-0.4, -0.2) is 40.9 Å². The summed E-state index contributed by atoms with van der Waals surface area (Å²) in [5.74, 6) is 0.846. The van der Waals surface area contributed by atoms with Crippen LogP contribution in [-0.2, 0) is 27.1 Å². The molecular formula is C26H23FN4O3S2. The van der Waals surface area contributed by atoms with E-state index in [1.807, 2.05) is 22.8 Å². The number of methoxy groups -OCH3 is 1. The van der Waals surface area contributed by atoms with Gasteiger partial charge in [0.1, 0.15) is 5.82 Å². The second-order valence-corrected chi connectivity index (χ2v) is 10.8. The molecule has 5 rings (SSSR count). The maximum Gasteiger partial charge on any atom is 0.268 e. The zero-order valence-electron chi connectivity index (χ0n) is 19.4. The molecule has 0 bridgehead atoms. The van der Waals surface area contributed by atoms with Crippen molar-refractivity contribution >= 4 is 32.7 Å². The lowest BCUT2D eigenvalue weighted by Gasteiger charge is -2.09. The van der Waals surface area contributed by atoms with E-state index in [2.05, 4.69) is 10.2 Å². The molecule has 0 N–H and O–H groups in total. The molecule has 0 saturated carbocycles. The molecule has 0 aliphatic heterocycles. The molecule has 0 unspecified atom stereocenters. The van der Waals surface area contributed by atoms with E-state index in [-0.39, 0.29) is 10.7 Å². The zero-order chi connectivity index (χ0) is 25.1. The highest BCUT2D eigenvalue weighted by Crippen LogP contribution is 2.34. The van der Waals surface area contributed by atoms with Crippen molar-refractivity contribution in [3.05, 3.63) is 96.4 Å². The monoisotopic (exact) mass is 522 g/mol. The minimum atomic E-state index is -3.83. The van der Waals surface area contributed by atoms with Gasteiger partial charge in [-0.2, -0.15) is 0 Å². The van der Waals surface area contributed by atoms with Crippen LogP contribution < -0.4 is 0 Å². The first-order chi connectivity index (χ1) is 17.5. The van der Waals surface area contributed by atoms with Gasteiger partial charge in [0.05, 0.1) is 23.6 Å². The predicted octanol–water partition coefficient (Wildman–Crippen LogP) is 5.21. The Kier molecular flexibility index (Phi) is 6.90. The predicted molar refractivity (Wildman–Crippen MR) is 138 cm³/mol. The number of ether oxygens (including phenoxy) is 1. The fourth-order valence-corrected chi connectivity index (χ4v) is 6.25. The molecule has 184 valence electrons. The highest BCUT2D eigenvalue weighted by molar-refractivity contribution is 7.98. The van der Waals surface area contributed by atoms with Crippen molar-refractivity contribution in [3.63, 3.8) is 0 Å². The Bertz CT molecular complexity index is 1600. The van der Waals surface area contributed by atoms with Crippen molar-refractivity contribution in [2.24, 2.45) is 0 Å². The molecule has 7 nitrogen and oxygen atoms in total. The fraction of sp³-hybridized carbons (Fsp3) is 0.154. The first-order valence-corrected chi connectivity index (χ1v) is 13.6. The third-order valence-corrected chi connectivity index (χ3v) is 8.46. The molecular weight excluding hydrogens is 499 g/mol. The molecule has 0 fully saturated rings. The van der Waals surface area contributed by atoms with Gasteiger partial charge in [-0.15, -0.1) is 10.2 Å². The summed E-state index contributed by atoms with van der Waals surface area (Å²) in [6, 6.07) is 22.0. The Morgan fingerprint density at radius 1 is 0.944 bits per heavy atom. The number of nitrogens with zero attached hydrogens (tertiary/aromatic N) is 4. The standard InChI is InChI=1S/C26H23FN4O3S2/c1-34-16-15-30-25(28-29-26(30)35-18-19-11-13-20(27)14-12-19)23-17-31(24-10-6-5-9-22(23)24)36(32,33)21-7-3-2-4-8-21/h2-14,17H,15-16,18H2,1H3. The van der Waals surface area contributed by atoms with Crippen LogP contribution in [0.1, 0.15) is 5.56 Å². The van der Waals surface area contributed by atoms with Crippen molar-refractivity contribution < 1.29 is 17.5 Å². The molecule has 0 aliphatic rings. The fourth-order valence-electron chi connectivity index (χ4n) is 3.94.